The largest absolute Gasteiger partial charge is 0.328 e. The number of rotatable bonds is 5. The zero-order valence-corrected chi connectivity index (χ0v) is 15.4. The van der Waals surface area contributed by atoms with Gasteiger partial charge in [0, 0.05) is 16.8 Å². The van der Waals surface area contributed by atoms with Gasteiger partial charge in [-0.05, 0) is 42.8 Å². The zero-order chi connectivity index (χ0) is 16.9. The first-order valence-corrected chi connectivity index (χ1v) is 8.97. The third-order valence-electron chi connectivity index (χ3n) is 4.22. The normalized spacial score (nSPS) is 19.1. The van der Waals surface area contributed by atoms with Crippen molar-refractivity contribution in [1.82, 2.24) is 0 Å². The van der Waals surface area contributed by atoms with Crippen LogP contribution in [0.4, 0.5) is 11.4 Å². The molecular weight excluding hydrogens is 358 g/mol. The lowest BCUT2D eigenvalue weighted by molar-refractivity contribution is -0.119. The van der Waals surface area contributed by atoms with Crippen LogP contribution in [0.5, 0.6) is 0 Å². The molecule has 1 aromatic heterocycles. The van der Waals surface area contributed by atoms with Gasteiger partial charge in [0.25, 0.3) is 0 Å². The molecule has 1 heterocycles. The Morgan fingerprint density at radius 3 is 2.40 bits per heavy atom. The highest BCUT2D eigenvalue weighted by atomic mass is 35.5. The molecular formula is C18H22ClN3O2S. The number of hydrogen-bond acceptors (Lipinski definition) is 4. The van der Waals surface area contributed by atoms with Crippen LogP contribution >= 0.6 is 23.7 Å². The van der Waals surface area contributed by atoms with Gasteiger partial charge in [0.15, 0.2) is 0 Å². The first-order chi connectivity index (χ1) is 11.6. The minimum Gasteiger partial charge on any atom is -0.328 e. The van der Waals surface area contributed by atoms with Crippen LogP contribution in [0.1, 0.15) is 24.1 Å². The van der Waals surface area contributed by atoms with Gasteiger partial charge in [0.1, 0.15) is 0 Å². The van der Waals surface area contributed by atoms with Crippen LogP contribution < -0.4 is 16.4 Å². The van der Waals surface area contributed by atoms with Crippen LogP contribution in [-0.4, -0.2) is 17.9 Å². The maximum atomic E-state index is 12.4. The summed E-state index contributed by atoms with van der Waals surface area (Å²) in [5.74, 6) is -0.167. The van der Waals surface area contributed by atoms with Gasteiger partial charge >= 0.3 is 0 Å². The SMILES string of the molecule is Cl.NC1CCC(C(=O)Nc2ccccc2NC(=O)Cc2cccs2)C1. The van der Waals surface area contributed by atoms with Crippen LogP contribution in [0.25, 0.3) is 0 Å². The summed E-state index contributed by atoms with van der Waals surface area (Å²) in [4.78, 5) is 25.6. The first kappa shape index (κ1) is 19.4. The maximum Gasteiger partial charge on any atom is 0.229 e. The van der Waals surface area contributed by atoms with Crippen molar-refractivity contribution in [3.8, 4) is 0 Å². The van der Waals surface area contributed by atoms with Gasteiger partial charge in [0.05, 0.1) is 17.8 Å². The molecule has 4 N–H and O–H groups in total. The molecule has 1 aromatic carbocycles. The number of nitrogens with one attached hydrogen (secondary N) is 2. The molecule has 5 nitrogen and oxygen atoms in total. The summed E-state index contributed by atoms with van der Waals surface area (Å²) in [5, 5.41) is 7.76. The molecule has 1 saturated carbocycles. The van der Waals surface area contributed by atoms with Crippen molar-refractivity contribution in [3.05, 3.63) is 46.7 Å². The van der Waals surface area contributed by atoms with Gasteiger partial charge in [-0.3, -0.25) is 9.59 Å². The molecule has 2 amide bonds. The average molecular weight is 380 g/mol. The molecule has 1 fully saturated rings. The minimum atomic E-state index is -0.0953. The van der Waals surface area contributed by atoms with Crippen molar-refractivity contribution in [1.29, 1.82) is 0 Å². The van der Waals surface area contributed by atoms with E-state index in [1.165, 1.54) is 0 Å². The summed E-state index contributed by atoms with van der Waals surface area (Å²) in [6, 6.07) is 11.2. The summed E-state index contributed by atoms with van der Waals surface area (Å²) >= 11 is 1.55. The van der Waals surface area contributed by atoms with E-state index in [1.54, 1.807) is 23.5 Å². The fourth-order valence-corrected chi connectivity index (χ4v) is 3.66. The molecule has 0 spiro atoms. The summed E-state index contributed by atoms with van der Waals surface area (Å²) < 4.78 is 0. The van der Waals surface area contributed by atoms with Crippen molar-refractivity contribution in [2.45, 2.75) is 31.7 Å². The number of thiophene rings is 1. The molecule has 0 aliphatic heterocycles. The monoisotopic (exact) mass is 379 g/mol. The molecule has 3 rings (SSSR count). The van der Waals surface area contributed by atoms with E-state index in [0.29, 0.717) is 17.8 Å². The van der Waals surface area contributed by atoms with E-state index in [-0.39, 0.29) is 36.2 Å². The predicted octanol–water partition coefficient (Wildman–Crippen LogP) is 3.42. The third kappa shape index (κ3) is 5.29. The Morgan fingerprint density at radius 1 is 1.08 bits per heavy atom. The molecule has 25 heavy (non-hydrogen) atoms. The average Bonchev–Trinajstić information content (AvgIpc) is 3.21. The highest BCUT2D eigenvalue weighted by molar-refractivity contribution is 7.10. The number of benzene rings is 1. The summed E-state index contributed by atoms with van der Waals surface area (Å²) in [6.45, 7) is 0. The standard InChI is InChI=1S/C18H21N3O2S.ClH/c19-13-8-7-12(10-13)18(23)21-16-6-2-1-5-15(16)20-17(22)11-14-4-3-9-24-14;/h1-6,9,12-13H,7-8,10-11,19H2,(H,20,22)(H,21,23);1H. The summed E-state index contributed by atoms with van der Waals surface area (Å²) in [5.41, 5.74) is 7.13. The summed E-state index contributed by atoms with van der Waals surface area (Å²) in [6.07, 6.45) is 2.76. The Morgan fingerprint density at radius 2 is 1.80 bits per heavy atom. The van der Waals surface area contributed by atoms with Gasteiger partial charge in [0.2, 0.25) is 11.8 Å². The molecule has 0 bridgehead atoms. The highest BCUT2D eigenvalue weighted by Crippen LogP contribution is 2.27. The van der Waals surface area contributed by atoms with Gasteiger partial charge in [-0.2, -0.15) is 0 Å². The van der Waals surface area contributed by atoms with Gasteiger partial charge in [-0.15, -0.1) is 23.7 Å². The van der Waals surface area contributed by atoms with Crippen molar-refractivity contribution in [3.63, 3.8) is 0 Å². The van der Waals surface area contributed by atoms with E-state index in [0.717, 1.165) is 24.1 Å². The van der Waals surface area contributed by atoms with Crippen LogP contribution in [-0.2, 0) is 16.0 Å². The van der Waals surface area contributed by atoms with E-state index in [9.17, 15) is 9.59 Å². The van der Waals surface area contributed by atoms with Crippen molar-refractivity contribution in [2.75, 3.05) is 10.6 Å². The number of amides is 2. The van der Waals surface area contributed by atoms with E-state index >= 15 is 0 Å². The topological polar surface area (TPSA) is 84.2 Å². The molecule has 1 aliphatic rings. The first-order valence-electron chi connectivity index (χ1n) is 8.09. The highest BCUT2D eigenvalue weighted by Gasteiger charge is 2.28. The number of carbonyl (C=O) groups excluding carboxylic acids is 2. The number of para-hydroxylation sites is 2. The second kappa shape index (κ2) is 8.99. The quantitative estimate of drug-likeness (QED) is 0.744. The molecule has 0 saturated heterocycles. The Hall–Kier alpha value is -1.89. The van der Waals surface area contributed by atoms with Gasteiger partial charge < -0.3 is 16.4 Å². The number of hydrogen-bond donors (Lipinski definition) is 3. The third-order valence-corrected chi connectivity index (χ3v) is 5.09. The Balaban J connectivity index is 0.00000225. The predicted molar refractivity (Wildman–Crippen MR) is 104 cm³/mol. The lowest BCUT2D eigenvalue weighted by Gasteiger charge is -2.15. The fraction of sp³-hybridized carbons (Fsp3) is 0.333. The van der Waals surface area contributed by atoms with Gasteiger partial charge in [-0.1, -0.05) is 18.2 Å². The van der Waals surface area contributed by atoms with Gasteiger partial charge in [-0.25, -0.2) is 0 Å². The molecule has 1 aliphatic carbocycles. The number of halogens is 1. The zero-order valence-electron chi connectivity index (χ0n) is 13.7. The van der Waals surface area contributed by atoms with E-state index in [2.05, 4.69) is 10.6 Å². The lowest BCUT2D eigenvalue weighted by Crippen LogP contribution is -2.24. The van der Waals surface area contributed by atoms with Crippen molar-refractivity contribution < 1.29 is 9.59 Å². The minimum absolute atomic E-state index is 0. The molecule has 134 valence electrons. The molecule has 0 radical (unpaired) electrons. The van der Waals surface area contributed by atoms with E-state index in [1.807, 2.05) is 29.6 Å². The maximum absolute atomic E-state index is 12.4. The Labute approximate surface area is 157 Å². The summed E-state index contributed by atoms with van der Waals surface area (Å²) in [7, 11) is 0. The van der Waals surface area contributed by atoms with Crippen molar-refractivity contribution >= 4 is 46.9 Å². The molecule has 7 heteroatoms. The van der Waals surface area contributed by atoms with Crippen LogP contribution in [0.2, 0.25) is 0 Å². The molecule has 2 unspecified atom stereocenters. The smallest absolute Gasteiger partial charge is 0.229 e. The lowest BCUT2D eigenvalue weighted by atomic mass is 10.1. The fourth-order valence-electron chi connectivity index (χ4n) is 2.96. The number of nitrogens with two attached hydrogens (primary N) is 1. The van der Waals surface area contributed by atoms with Crippen LogP contribution in [0, 0.1) is 5.92 Å². The number of anilines is 2. The van der Waals surface area contributed by atoms with E-state index < -0.39 is 0 Å². The Kier molecular flexibility index (Phi) is 6.99. The van der Waals surface area contributed by atoms with Crippen LogP contribution in [0.15, 0.2) is 41.8 Å². The second-order valence-electron chi connectivity index (χ2n) is 6.11. The van der Waals surface area contributed by atoms with Crippen molar-refractivity contribution in [2.24, 2.45) is 11.7 Å². The van der Waals surface area contributed by atoms with E-state index in [4.69, 9.17) is 5.73 Å². The second-order valence-corrected chi connectivity index (χ2v) is 7.14. The number of carbonyl (C=O) groups is 2. The molecule has 2 aromatic rings. The van der Waals surface area contributed by atoms with Crippen LogP contribution in [0.3, 0.4) is 0 Å². The molecule has 2 atom stereocenters. The Bertz CT molecular complexity index is 721.